The summed E-state index contributed by atoms with van der Waals surface area (Å²) in [4.78, 5) is 10.7. The summed E-state index contributed by atoms with van der Waals surface area (Å²) >= 11 is 2.29. The number of primary amides is 1. The van der Waals surface area contributed by atoms with E-state index in [0.29, 0.717) is 5.75 Å². The quantitative estimate of drug-likeness (QED) is 0.737. The lowest BCUT2D eigenvalue weighted by Crippen LogP contribution is -2.19. The Morgan fingerprint density at radius 3 is 2.38 bits per heavy atom. The topological polar surface area (TPSA) is 64.3 Å². The third kappa shape index (κ3) is 4.93. The van der Waals surface area contributed by atoms with E-state index in [0.717, 1.165) is 5.69 Å². The van der Waals surface area contributed by atoms with Gasteiger partial charge in [-0.25, -0.2) is 0 Å². The number of rotatable bonds is 6. The molecule has 0 aliphatic rings. The average Bonchev–Trinajstić information content (AvgIpc) is 2.47. The van der Waals surface area contributed by atoms with Crippen LogP contribution in [0.4, 0.5) is 5.69 Å². The summed E-state index contributed by atoms with van der Waals surface area (Å²) in [6.07, 6.45) is 0. The molecule has 0 heterocycles. The number of amides is 1. The number of carbonyl (C=O) groups is 1. The van der Waals surface area contributed by atoms with Gasteiger partial charge in [0.1, 0.15) is 5.75 Å². The van der Waals surface area contributed by atoms with Crippen molar-refractivity contribution >= 4 is 34.2 Å². The van der Waals surface area contributed by atoms with E-state index in [4.69, 9.17) is 10.5 Å². The summed E-state index contributed by atoms with van der Waals surface area (Å²) in [6, 6.07) is 16.1. The normalized spacial score (nSPS) is 11.7. The van der Waals surface area contributed by atoms with Crippen LogP contribution in [0, 0.1) is 3.57 Å². The Morgan fingerprint density at radius 2 is 1.81 bits per heavy atom. The standard InChI is InChI=1S/C16H17IN2O2/c1-11(12-2-4-13(17)5-3-12)19-14-6-8-15(9-7-14)21-10-16(18)20/h2-9,11,19H,10H2,1H3,(H2,18,20). The summed E-state index contributed by atoms with van der Waals surface area (Å²) < 4.78 is 6.44. The molecule has 0 bridgehead atoms. The first-order chi connectivity index (χ1) is 10.0. The average molecular weight is 396 g/mol. The minimum absolute atomic E-state index is 0.105. The maximum absolute atomic E-state index is 10.7. The second kappa shape index (κ2) is 7.31. The predicted molar refractivity (Wildman–Crippen MR) is 92.3 cm³/mol. The summed E-state index contributed by atoms with van der Waals surface area (Å²) in [5.74, 6) is 0.144. The molecule has 4 nitrogen and oxygen atoms in total. The van der Waals surface area contributed by atoms with Crippen molar-refractivity contribution in [2.24, 2.45) is 5.73 Å². The van der Waals surface area contributed by atoms with Crippen LogP contribution in [-0.2, 0) is 4.79 Å². The van der Waals surface area contributed by atoms with Crippen LogP contribution in [0.3, 0.4) is 0 Å². The molecule has 0 fully saturated rings. The highest BCUT2D eigenvalue weighted by Crippen LogP contribution is 2.22. The molecule has 1 atom stereocenters. The number of nitrogens with two attached hydrogens (primary N) is 1. The number of halogens is 1. The molecule has 21 heavy (non-hydrogen) atoms. The van der Waals surface area contributed by atoms with Gasteiger partial charge in [-0.15, -0.1) is 0 Å². The highest BCUT2D eigenvalue weighted by atomic mass is 127. The molecule has 2 rings (SSSR count). The van der Waals surface area contributed by atoms with Crippen molar-refractivity contribution in [3.63, 3.8) is 0 Å². The maximum Gasteiger partial charge on any atom is 0.255 e. The molecule has 0 saturated heterocycles. The van der Waals surface area contributed by atoms with Gasteiger partial charge in [-0.2, -0.15) is 0 Å². The first-order valence-electron chi connectivity index (χ1n) is 6.58. The summed E-state index contributed by atoms with van der Waals surface area (Å²) in [5.41, 5.74) is 7.25. The number of hydrogen-bond donors (Lipinski definition) is 2. The van der Waals surface area contributed by atoms with Crippen molar-refractivity contribution in [1.29, 1.82) is 0 Å². The second-order valence-corrected chi connectivity index (χ2v) is 5.94. The van der Waals surface area contributed by atoms with Gasteiger partial charge in [-0.3, -0.25) is 4.79 Å². The van der Waals surface area contributed by atoms with Crippen LogP contribution in [0.2, 0.25) is 0 Å². The molecule has 0 aliphatic carbocycles. The van der Waals surface area contributed by atoms with Crippen LogP contribution in [0.25, 0.3) is 0 Å². The van der Waals surface area contributed by atoms with Crippen LogP contribution in [0.1, 0.15) is 18.5 Å². The Bertz CT molecular complexity index is 597. The van der Waals surface area contributed by atoms with Crippen molar-refractivity contribution in [3.05, 3.63) is 57.7 Å². The fourth-order valence-corrected chi connectivity index (χ4v) is 2.25. The Hall–Kier alpha value is -1.76. The van der Waals surface area contributed by atoms with Crippen LogP contribution < -0.4 is 15.8 Å². The molecule has 1 amide bonds. The van der Waals surface area contributed by atoms with E-state index in [1.807, 2.05) is 24.3 Å². The van der Waals surface area contributed by atoms with E-state index in [2.05, 4.69) is 59.1 Å². The van der Waals surface area contributed by atoms with E-state index in [9.17, 15) is 4.79 Å². The monoisotopic (exact) mass is 396 g/mol. The zero-order chi connectivity index (χ0) is 15.2. The highest BCUT2D eigenvalue weighted by molar-refractivity contribution is 14.1. The zero-order valence-corrected chi connectivity index (χ0v) is 13.8. The number of hydrogen-bond acceptors (Lipinski definition) is 3. The maximum atomic E-state index is 10.7. The smallest absolute Gasteiger partial charge is 0.255 e. The molecule has 0 radical (unpaired) electrons. The van der Waals surface area contributed by atoms with E-state index >= 15 is 0 Å². The molecule has 1 unspecified atom stereocenters. The van der Waals surface area contributed by atoms with Gasteiger partial charge in [0, 0.05) is 15.3 Å². The predicted octanol–water partition coefficient (Wildman–Crippen LogP) is 3.33. The molecule has 0 aliphatic heterocycles. The third-order valence-electron chi connectivity index (χ3n) is 2.99. The Balaban J connectivity index is 1.96. The fourth-order valence-electron chi connectivity index (χ4n) is 1.89. The largest absolute Gasteiger partial charge is 0.484 e. The fraction of sp³-hybridized carbons (Fsp3) is 0.188. The van der Waals surface area contributed by atoms with Gasteiger partial charge < -0.3 is 15.8 Å². The number of carbonyl (C=O) groups excluding carboxylic acids is 1. The molecule has 0 spiro atoms. The SMILES string of the molecule is CC(Nc1ccc(OCC(N)=O)cc1)c1ccc(I)cc1. The molecular weight excluding hydrogens is 379 g/mol. The van der Waals surface area contributed by atoms with Crippen LogP contribution >= 0.6 is 22.6 Å². The van der Waals surface area contributed by atoms with Gasteiger partial charge in [-0.1, -0.05) is 12.1 Å². The number of nitrogens with one attached hydrogen (secondary N) is 1. The highest BCUT2D eigenvalue weighted by Gasteiger charge is 2.05. The van der Waals surface area contributed by atoms with Crippen molar-refractivity contribution in [3.8, 4) is 5.75 Å². The number of benzene rings is 2. The van der Waals surface area contributed by atoms with Gasteiger partial charge in [0.15, 0.2) is 6.61 Å². The lowest BCUT2D eigenvalue weighted by Gasteiger charge is -2.16. The van der Waals surface area contributed by atoms with E-state index in [-0.39, 0.29) is 12.6 Å². The minimum Gasteiger partial charge on any atom is -0.484 e. The van der Waals surface area contributed by atoms with Gasteiger partial charge in [0.25, 0.3) is 5.91 Å². The Morgan fingerprint density at radius 1 is 1.19 bits per heavy atom. The number of ether oxygens (including phenoxy) is 1. The zero-order valence-electron chi connectivity index (χ0n) is 11.7. The van der Waals surface area contributed by atoms with Crippen LogP contribution in [0.5, 0.6) is 5.75 Å². The number of anilines is 1. The molecule has 0 saturated carbocycles. The molecule has 110 valence electrons. The van der Waals surface area contributed by atoms with Crippen molar-refractivity contribution < 1.29 is 9.53 Å². The third-order valence-corrected chi connectivity index (χ3v) is 3.71. The molecular formula is C16H17IN2O2. The van der Waals surface area contributed by atoms with Crippen molar-refractivity contribution in [1.82, 2.24) is 0 Å². The van der Waals surface area contributed by atoms with Gasteiger partial charge in [-0.05, 0) is 71.5 Å². The van der Waals surface area contributed by atoms with E-state index in [1.165, 1.54) is 9.13 Å². The van der Waals surface area contributed by atoms with Gasteiger partial charge >= 0.3 is 0 Å². The van der Waals surface area contributed by atoms with Crippen molar-refractivity contribution in [2.45, 2.75) is 13.0 Å². The van der Waals surface area contributed by atoms with Gasteiger partial charge in [0.2, 0.25) is 0 Å². The summed E-state index contributed by atoms with van der Waals surface area (Å²) in [6.45, 7) is 2.01. The second-order valence-electron chi connectivity index (χ2n) is 4.70. The molecule has 3 N–H and O–H groups in total. The summed E-state index contributed by atoms with van der Waals surface area (Å²) in [7, 11) is 0. The first kappa shape index (κ1) is 15.6. The van der Waals surface area contributed by atoms with Crippen molar-refractivity contribution in [2.75, 3.05) is 11.9 Å². The molecule has 5 heteroatoms. The van der Waals surface area contributed by atoms with Gasteiger partial charge in [0.05, 0.1) is 0 Å². The Kier molecular flexibility index (Phi) is 5.44. The van der Waals surface area contributed by atoms with Crippen LogP contribution in [0.15, 0.2) is 48.5 Å². The summed E-state index contributed by atoms with van der Waals surface area (Å²) in [5, 5.41) is 3.42. The van der Waals surface area contributed by atoms with Crippen LogP contribution in [-0.4, -0.2) is 12.5 Å². The Labute approximate surface area is 137 Å². The van der Waals surface area contributed by atoms with E-state index < -0.39 is 5.91 Å². The molecule has 2 aromatic rings. The lowest BCUT2D eigenvalue weighted by atomic mass is 10.1. The first-order valence-corrected chi connectivity index (χ1v) is 7.65. The molecule has 0 aromatic heterocycles. The van der Waals surface area contributed by atoms with E-state index in [1.54, 1.807) is 0 Å². The lowest BCUT2D eigenvalue weighted by molar-refractivity contribution is -0.119. The molecule has 2 aromatic carbocycles. The minimum atomic E-state index is -0.482.